The number of thiophene rings is 1. The molecule has 0 bridgehead atoms. The van der Waals surface area contributed by atoms with Gasteiger partial charge in [-0.1, -0.05) is 30.3 Å². The van der Waals surface area contributed by atoms with Crippen molar-refractivity contribution in [2.75, 3.05) is 6.54 Å². The van der Waals surface area contributed by atoms with Crippen molar-refractivity contribution in [2.24, 2.45) is 0 Å². The molecule has 5 nitrogen and oxygen atoms in total. The molecule has 1 aromatic carbocycles. The van der Waals surface area contributed by atoms with Crippen LogP contribution in [0.3, 0.4) is 0 Å². The van der Waals surface area contributed by atoms with Crippen LogP contribution in [0.2, 0.25) is 0 Å². The number of benzene rings is 1. The first-order valence-corrected chi connectivity index (χ1v) is 10.2. The van der Waals surface area contributed by atoms with Crippen LogP contribution in [0.1, 0.15) is 30.0 Å². The zero-order valence-electron chi connectivity index (χ0n) is 12.9. The first-order chi connectivity index (χ1) is 11.6. The molecular weight excluding hydrogens is 346 g/mol. The molecule has 0 saturated carbocycles. The molecule has 0 spiro atoms. The Morgan fingerprint density at radius 1 is 1.12 bits per heavy atom. The highest BCUT2D eigenvalue weighted by Crippen LogP contribution is 2.40. The predicted molar refractivity (Wildman–Crippen MR) is 90.2 cm³/mol. The second-order valence-electron chi connectivity index (χ2n) is 6.01. The van der Waals surface area contributed by atoms with Crippen molar-refractivity contribution >= 4 is 27.3 Å². The number of carbonyl (C=O) groups excluding carboxylic acids is 1. The van der Waals surface area contributed by atoms with Gasteiger partial charge in [0, 0.05) is 13.0 Å². The molecule has 3 heterocycles. The summed E-state index contributed by atoms with van der Waals surface area (Å²) >= 11 is 1.21. The number of cyclic esters (lactones) is 1. The summed E-state index contributed by atoms with van der Waals surface area (Å²) in [6.07, 6.45) is 1.14. The molecule has 126 valence electrons. The second kappa shape index (κ2) is 5.98. The van der Waals surface area contributed by atoms with E-state index in [0.29, 0.717) is 30.0 Å². The van der Waals surface area contributed by atoms with Crippen molar-refractivity contribution in [3.63, 3.8) is 0 Å². The number of esters is 1. The number of nitrogens with zero attached hydrogens (tertiary/aromatic N) is 1. The van der Waals surface area contributed by atoms with Gasteiger partial charge in [-0.3, -0.25) is 4.79 Å². The second-order valence-corrected chi connectivity index (χ2v) is 9.07. The number of carbonyl (C=O) groups is 1. The van der Waals surface area contributed by atoms with Crippen LogP contribution in [0.15, 0.2) is 46.0 Å². The molecular formula is C17H17NO4S2. The zero-order chi connectivity index (χ0) is 16.7. The van der Waals surface area contributed by atoms with Crippen LogP contribution in [0, 0.1) is 0 Å². The Morgan fingerprint density at radius 2 is 1.96 bits per heavy atom. The summed E-state index contributed by atoms with van der Waals surface area (Å²) in [5.41, 5.74) is 2.08. The standard InChI is InChI=1S/C17H17NO4S2/c19-15-8-7-14(22-15)17-13-5-2-1-4-12(13)9-10-18(17)24(20,21)16-6-3-11-23-16/h1-6,11,14,17H,7-10H2/t14-,17-/m0/s1. The lowest BCUT2D eigenvalue weighted by Crippen LogP contribution is -2.44. The summed E-state index contributed by atoms with van der Waals surface area (Å²) in [6.45, 7) is 0.399. The van der Waals surface area contributed by atoms with Gasteiger partial charge >= 0.3 is 5.97 Å². The number of rotatable bonds is 3. The highest BCUT2D eigenvalue weighted by molar-refractivity contribution is 7.91. The topological polar surface area (TPSA) is 63.7 Å². The summed E-state index contributed by atoms with van der Waals surface area (Å²) in [6, 6.07) is 10.7. The van der Waals surface area contributed by atoms with Crippen molar-refractivity contribution in [3.8, 4) is 0 Å². The summed E-state index contributed by atoms with van der Waals surface area (Å²) < 4.78 is 33.5. The van der Waals surface area contributed by atoms with Crippen LogP contribution in [-0.2, 0) is 26.0 Å². The summed E-state index contributed by atoms with van der Waals surface area (Å²) in [5.74, 6) is -0.253. The number of hydrogen-bond acceptors (Lipinski definition) is 5. The van der Waals surface area contributed by atoms with Gasteiger partial charge in [-0.15, -0.1) is 11.3 Å². The van der Waals surface area contributed by atoms with E-state index in [-0.39, 0.29) is 5.97 Å². The first-order valence-electron chi connectivity index (χ1n) is 7.90. The van der Waals surface area contributed by atoms with Crippen LogP contribution in [0.5, 0.6) is 0 Å². The van der Waals surface area contributed by atoms with E-state index in [9.17, 15) is 13.2 Å². The van der Waals surface area contributed by atoms with Gasteiger partial charge in [0.05, 0.1) is 6.04 Å². The SMILES string of the molecule is O=C1CC[C@@H]([C@@H]2c3ccccc3CCN2S(=O)(=O)c2cccs2)O1. The smallest absolute Gasteiger partial charge is 0.306 e. The van der Waals surface area contributed by atoms with Crippen molar-refractivity contribution in [3.05, 3.63) is 52.9 Å². The minimum Gasteiger partial charge on any atom is -0.460 e. The van der Waals surface area contributed by atoms with E-state index in [1.807, 2.05) is 24.3 Å². The number of ether oxygens (including phenoxy) is 1. The molecule has 7 heteroatoms. The van der Waals surface area contributed by atoms with Crippen molar-refractivity contribution in [2.45, 2.75) is 35.6 Å². The van der Waals surface area contributed by atoms with E-state index in [2.05, 4.69) is 0 Å². The van der Waals surface area contributed by atoms with Gasteiger partial charge in [-0.05, 0) is 35.4 Å². The maximum atomic E-state index is 13.1. The van der Waals surface area contributed by atoms with Crippen molar-refractivity contribution in [1.82, 2.24) is 4.31 Å². The van der Waals surface area contributed by atoms with Crippen LogP contribution < -0.4 is 0 Å². The Balaban J connectivity index is 1.80. The van der Waals surface area contributed by atoms with Crippen LogP contribution in [0.4, 0.5) is 0 Å². The van der Waals surface area contributed by atoms with Gasteiger partial charge in [0.2, 0.25) is 0 Å². The van der Waals surface area contributed by atoms with Crippen LogP contribution in [-0.4, -0.2) is 31.3 Å². The van der Waals surface area contributed by atoms with Gasteiger partial charge in [-0.2, -0.15) is 4.31 Å². The molecule has 0 aliphatic carbocycles. The van der Waals surface area contributed by atoms with Gasteiger partial charge in [-0.25, -0.2) is 8.42 Å². The molecule has 1 aromatic heterocycles. The monoisotopic (exact) mass is 363 g/mol. The normalized spacial score (nSPS) is 24.6. The summed E-state index contributed by atoms with van der Waals surface area (Å²) in [7, 11) is -3.60. The van der Waals surface area contributed by atoms with Crippen LogP contribution in [0.25, 0.3) is 0 Å². The molecule has 2 aromatic rings. The maximum Gasteiger partial charge on any atom is 0.306 e. The molecule has 1 saturated heterocycles. The fourth-order valence-corrected chi connectivity index (χ4v) is 6.28. The first kappa shape index (κ1) is 15.8. The number of sulfonamides is 1. The number of fused-ring (bicyclic) bond motifs is 1. The third kappa shape index (κ3) is 2.56. The minimum atomic E-state index is -3.60. The Morgan fingerprint density at radius 3 is 2.67 bits per heavy atom. The molecule has 0 unspecified atom stereocenters. The van der Waals surface area contributed by atoms with Gasteiger partial charge in [0.25, 0.3) is 10.0 Å². The Labute approximate surface area is 144 Å². The summed E-state index contributed by atoms with van der Waals surface area (Å²) in [5, 5.41) is 1.76. The average molecular weight is 363 g/mol. The molecule has 4 rings (SSSR count). The van der Waals surface area contributed by atoms with Crippen molar-refractivity contribution < 1.29 is 17.9 Å². The quantitative estimate of drug-likeness (QED) is 0.787. The van der Waals surface area contributed by atoms with Crippen LogP contribution >= 0.6 is 11.3 Å². The fraction of sp³-hybridized carbons (Fsp3) is 0.353. The van der Waals surface area contributed by atoms with E-state index in [1.165, 1.54) is 15.6 Å². The summed E-state index contributed by atoms with van der Waals surface area (Å²) in [4.78, 5) is 11.6. The van der Waals surface area contributed by atoms with Gasteiger partial charge < -0.3 is 4.74 Å². The van der Waals surface area contributed by atoms with Crippen molar-refractivity contribution in [1.29, 1.82) is 0 Å². The maximum absolute atomic E-state index is 13.1. The Hall–Kier alpha value is -1.70. The molecule has 0 radical (unpaired) electrons. The Kier molecular flexibility index (Phi) is 3.94. The van der Waals surface area contributed by atoms with E-state index in [0.717, 1.165) is 11.1 Å². The Bertz CT molecular complexity index is 860. The van der Waals surface area contributed by atoms with Gasteiger partial charge in [0.15, 0.2) is 0 Å². The fourth-order valence-electron chi connectivity index (χ4n) is 3.53. The highest BCUT2D eigenvalue weighted by Gasteiger charge is 2.44. The molecule has 2 aliphatic rings. The molecule has 24 heavy (non-hydrogen) atoms. The molecule has 0 amide bonds. The van der Waals surface area contributed by atoms with E-state index in [1.54, 1.807) is 17.5 Å². The zero-order valence-corrected chi connectivity index (χ0v) is 14.6. The highest BCUT2D eigenvalue weighted by atomic mass is 32.2. The number of hydrogen-bond donors (Lipinski definition) is 0. The molecule has 2 atom stereocenters. The lowest BCUT2D eigenvalue weighted by Gasteiger charge is -2.38. The predicted octanol–water partition coefficient (Wildman–Crippen LogP) is 2.74. The van der Waals surface area contributed by atoms with E-state index < -0.39 is 22.2 Å². The average Bonchev–Trinajstić information content (AvgIpc) is 3.25. The lowest BCUT2D eigenvalue weighted by atomic mass is 9.90. The molecule has 2 aliphatic heterocycles. The molecule has 1 fully saturated rings. The molecule has 0 N–H and O–H groups in total. The minimum absolute atomic E-state index is 0.253. The third-order valence-corrected chi connectivity index (χ3v) is 7.87. The van der Waals surface area contributed by atoms with Gasteiger partial charge in [0.1, 0.15) is 10.3 Å². The van der Waals surface area contributed by atoms with E-state index in [4.69, 9.17) is 4.74 Å². The largest absolute Gasteiger partial charge is 0.460 e. The third-order valence-electron chi connectivity index (χ3n) is 4.61. The van der Waals surface area contributed by atoms with E-state index >= 15 is 0 Å². The lowest BCUT2D eigenvalue weighted by molar-refractivity contribution is -0.143.